The first kappa shape index (κ1) is 13.9. The van der Waals surface area contributed by atoms with E-state index in [4.69, 9.17) is 9.84 Å². The Morgan fingerprint density at radius 1 is 1.56 bits per heavy atom. The number of aliphatic imine (C=N–C) groups is 1. The van der Waals surface area contributed by atoms with E-state index in [1.807, 2.05) is 0 Å². The molecule has 2 rings (SSSR count). The van der Waals surface area contributed by atoms with Gasteiger partial charge in [-0.05, 0) is 0 Å². The van der Waals surface area contributed by atoms with E-state index in [0.29, 0.717) is 5.17 Å². The lowest BCUT2D eigenvalue weighted by atomic mass is 9.97. The standard InChI is InChI=1S/C9H13F3N2O3S/c1-13-8-14-3-2-4(15)5(17-7(3)18-8)6(16)9(10,11)12/h3-7,15-16H,2H2,1H3,(H,13,14)/t3-,4+,5+,6+,7-/m1/s1. The lowest BCUT2D eigenvalue weighted by Crippen LogP contribution is -2.54. The van der Waals surface area contributed by atoms with Gasteiger partial charge in [-0.2, -0.15) is 13.2 Å². The third-order valence-corrected chi connectivity index (χ3v) is 4.03. The molecule has 1 fully saturated rings. The number of aliphatic hydroxyl groups is 2. The fraction of sp³-hybridized carbons (Fsp3) is 0.889. The maximum absolute atomic E-state index is 12.4. The Labute approximate surface area is 105 Å². The summed E-state index contributed by atoms with van der Waals surface area (Å²) < 4.78 is 42.3. The van der Waals surface area contributed by atoms with Gasteiger partial charge in [0.15, 0.2) is 11.3 Å². The highest BCUT2D eigenvalue weighted by atomic mass is 32.2. The van der Waals surface area contributed by atoms with Gasteiger partial charge in [-0.25, -0.2) is 0 Å². The molecule has 0 bridgehead atoms. The fourth-order valence-electron chi connectivity index (χ4n) is 1.93. The molecule has 5 atom stereocenters. The number of ether oxygens (including phenoxy) is 1. The molecule has 3 N–H and O–H groups in total. The lowest BCUT2D eigenvalue weighted by Gasteiger charge is -2.37. The molecule has 0 spiro atoms. The largest absolute Gasteiger partial charge is 0.417 e. The summed E-state index contributed by atoms with van der Waals surface area (Å²) in [6.07, 6.45) is -10.5. The van der Waals surface area contributed by atoms with Gasteiger partial charge in [-0.1, -0.05) is 11.8 Å². The number of fused-ring (bicyclic) bond motifs is 1. The Morgan fingerprint density at radius 3 is 2.78 bits per heavy atom. The van der Waals surface area contributed by atoms with Crippen molar-refractivity contribution in [3.8, 4) is 0 Å². The summed E-state index contributed by atoms with van der Waals surface area (Å²) in [6, 6.07) is -0.385. The van der Waals surface area contributed by atoms with Crippen molar-refractivity contribution >= 4 is 16.9 Å². The van der Waals surface area contributed by atoms with Gasteiger partial charge in [0.05, 0.1) is 12.1 Å². The summed E-state index contributed by atoms with van der Waals surface area (Å²) in [5, 5.41) is 22.1. The highest BCUT2D eigenvalue weighted by molar-refractivity contribution is 8.14. The van der Waals surface area contributed by atoms with Gasteiger partial charge in [0.25, 0.3) is 0 Å². The van der Waals surface area contributed by atoms with Crippen LogP contribution in [0.1, 0.15) is 6.42 Å². The smallest absolute Gasteiger partial charge is 0.390 e. The summed E-state index contributed by atoms with van der Waals surface area (Å²) in [6.45, 7) is 0. The zero-order valence-electron chi connectivity index (χ0n) is 9.39. The molecule has 1 saturated heterocycles. The van der Waals surface area contributed by atoms with Crippen molar-refractivity contribution in [1.82, 2.24) is 5.32 Å². The highest BCUT2D eigenvalue weighted by Crippen LogP contribution is 2.38. The zero-order valence-corrected chi connectivity index (χ0v) is 10.2. The number of halogens is 3. The van der Waals surface area contributed by atoms with Crippen LogP contribution in [0.2, 0.25) is 0 Å². The SMILES string of the molecule is CNC1=N[C@@H]2C[C@H](O)[C@@H]([C@H](O)C(F)(F)F)O[C@@H]2S1. The summed E-state index contributed by atoms with van der Waals surface area (Å²) in [5.41, 5.74) is -0.599. The number of amidine groups is 1. The molecule has 104 valence electrons. The normalized spacial score (nSPS) is 38.0. The van der Waals surface area contributed by atoms with Gasteiger partial charge in [0.1, 0.15) is 11.5 Å². The molecule has 0 aromatic heterocycles. The molecule has 0 aromatic rings. The number of alkyl halides is 3. The number of thioether (sulfide) groups is 1. The molecule has 0 aromatic carbocycles. The van der Waals surface area contributed by atoms with Crippen LogP contribution in [0.25, 0.3) is 0 Å². The summed E-state index contributed by atoms with van der Waals surface area (Å²) in [5.74, 6) is 0. The van der Waals surface area contributed by atoms with Crippen molar-refractivity contribution < 1.29 is 28.1 Å². The molecule has 0 unspecified atom stereocenters. The van der Waals surface area contributed by atoms with Crippen molar-refractivity contribution in [3.05, 3.63) is 0 Å². The van der Waals surface area contributed by atoms with E-state index in [1.165, 1.54) is 0 Å². The van der Waals surface area contributed by atoms with Crippen molar-refractivity contribution in [2.45, 2.75) is 42.4 Å². The maximum atomic E-state index is 12.4. The van der Waals surface area contributed by atoms with E-state index in [9.17, 15) is 18.3 Å². The summed E-state index contributed by atoms with van der Waals surface area (Å²) in [7, 11) is 1.64. The topological polar surface area (TPSA) is 74.1 Å². The Balaban J connectivity index is 2.06. The number of hydrogen-bond acceptors (Lipinski definition) is 6. The van der Waals surface area contributed by atoms with Crippen LogP contribution in [0.15, 0.2) is 4.99 Å². The van der Waals surface area contributed by atoms with Crippen LogP contribution in [0.4, 0.5) is 13.2 Å². The van der Waals surface area contributed by atoms with E-state index < -0.39 is 29.9 Å². The van der Waals surface area contributed by atoms with Crippen molar-refractivity contribution in [2.24, 2.45) is 4.99 Å². The first-order valence-electron chi connectivity index (χ1n) is 5.33. The molecular weight excluding hydrogens is 273 g/mol. The van der Waals surface area contributed by atoms with E-state index in [2.05, 4.69) is 10.3 Å². The predicted octanol–water partition coefficient (Wildman–Crippen LogP) is 0.0763. The van der Waals surface area contributed by atoms with E-state index in [0.717, 1.165) is 11.8 Å². The minimum atomic E-state index is -4.81. The second-order valence-corrected chi connectivity index (χ2v) is 5.22. The average Bonchev–Trinajstić information content (AvgIpc) is 2.67. The first-order chi connectivity index (χ1) is 8.32. The second kappa shape index (κ2) is 4.87. The van der Waals surface area contributed by atoms with Crippen LogP contribution >= 0.6 is 11.8 Å². The van der Waals surface area contributed by atoms with Crippen molar-refractivity contribution in [2.75, 3.05) is 7.05 Å². The second-order valence-electron chi connectivity index (χ2n) is 4.13. The molecule has 18 heavy (non-hydrogen) atoms. The molecule has 2 aliphatic heterocycles. The number of hydrogen-bond donors (Lipinski definition) is 3. The maximum Gasteiger partial charge on any atom is 0.417 e. The van der Waals surface area contributed by atoms with Gasteiger partial charge in [0.2, 0.25) is 0 Å². The monoisotopic (exact) mass is 286 g/mol. The first-order valence-corrected chi connectivity index (χ1v) is 6.21. The Kier molecular flexibility index (Phi) is 3.77. The van der Waals surface area contributed by atoms with Crippen LogP contribution in [0.5, 0.6) is 0 Å². The van der Waals surface area contributed by atoms with Crippen LogP contribution in [0.3, 0.4) is 0 Å². The molecule has 0 amide bonds. The van der Waals surface area contributed by atoms with Gasteiger partial charge in [-0.15, -0.1) is 0 Å². The van der Waals surface area contributed by atoms with E-state index >= 15 is 0 Å². The Bertz CT molecular complexity index is 352. The molecule has 2 aliphatic rings. The molecule has 0 aliphatic carbocycles. The third-order valence-electron chi connectivity index (χ3n) is 2.84. The minimum Gasteiger partial charge on any atom is -0.390 e. The molecule has 2 heterocycles. The fourth-order valence-corrected chi connectivity index (χ4v) is 2.98. The van der Waals surface area contributed by atoms with Gasteiger partial charge in [0, 0.05) is 13.5 Å². The lowest BCUT2D eigenvalue weighted by molar-refractivity contribution is -0.260. The van der Waals surface area contributed by atoms with Crippen LogP contribution in [-0.4, -0.2) is 58.4 Å². The number of nitrogens with one attached hydrogen (secondary N) is 1. The molecule has 9 heteroatoms. The molecular formula is C9H13F3N2O3S. The number of nitrogens with zero attached hydrogens (tertiary/aromatic N) is 1. The zero-order chi connectivity index (χ0) is 13.5. The predicted molar refractivity (Wildman–Crippen MR) is 59.2 cm³/mol. The summed E-state index contributed by atoms with van der Waals surface area (Å²) in [4.78, 5) is 4.16. The molecule has 0 saturated carbocycles. The molecule has 5 nitrogen and oxygen atoms in total. The minimum absolute atomic E-state index is 0.0423. The van der Waals surface area contributed by atoms with Crippen LogP contribution < -0.4 is 5.32 Å². The van der Waals surface area contributed by atoms with Gasteiger partial charge >= 0.3 is 6.18 Å². The summed E-state index contributed by atoms with van der Waals surface area (Å²) >= 11 is 1.16. The van der Waals surface area contributed by atoms with Crippen molar-refractivity contribution in [1.29, 1.82) is 0 Å². The van der Waals surface area contributed by atoms with Crippen LogP contribution in [-0.2, 0) is 4.74 Å². The Morgan fingerprint density at radius 2 is 2.22 bits per heavy atom. The van der Waals surface area contributed by atoms with Crippen molar-refractivity contribution in [3.63, 3.8) is 0 Å². The van der Waals surface area contributed by atoms with Crippen LogP contribution in [0, 0.1) is 0 Å². The Hall–Kier alpha value is -0.510. The third kappa shape index (κ3) is 2.58. The quantitative estimate of drug-likeness (QED) is 0.636. The number of aliphatic hydroxyl groups excluding tert-OH is 2. The van der Waals surface area contributed by atoms with Gasteiger partial charge < -0.3 is 20.3 Å². The van der Waals surface area contributed by atoms with E-state index in [-0.39, 0.29) is 12.5 Å². The van der Waals surface area contributed by atoms with Gasteiger partial charge in [-0.3, -0.25) is 4.99 Å². The average molecular weight is 286 g/mol. The molecule has 0 radical (unpaired) electrons. The number of rotatable bonds is 1. The van der Waals surface area contributed by atoms with E-state index in [1.54, 1.807) is 7.05 Å². The highest BCUT2D eigenvalue weighted by Gasteiger charge is 2.52.